The van der Waals surface area contributed by atoms with Gasteiger partial charge in [0.05, 0.1) is 10.3 Å². The lowest BCUT2D eigenvalue weighted by Crippen LogP contribution is -2.41. The van der Waals surface area contributed by atoms with Crippen molar-refractivity contribution in [1.29, 1.82) is 0 Å². The highest BCUT2D eigenvalue weighted by atomic mass is 16.6. The van der Waals surface area contributed by atoms with Gasteiger partial charge in [0, 0.05) is 6.54 Å². The topological polar surface area (TPSA) is 118 Å². The number of nitrogens with one attached hydrogen (secondary N) is 1. The van der Waals surface area contributed by atoms with E-state index in [0.29, 0.717) is 18.8 Å². The SMILES string of the molecule is CC1CCC(CNc2ncc([N+](=O)[O-])cn2)(C(=O)O)CC1. The van der Waals surface area contributed by atoms with Crippen LogP contribution in [0.4, 0.5) is 11.6 Å². The molecule has 1 aromatic heterocycles. The highest BCUT2D eigenvalue weighted by molar-refractivity contribution is 5.75. The van der Waals surface area contributed by atoms with E-state index < -0.39 is 16.3 Å². The quantitative estimate of drug-likeness (QED) is 0.630. The van der Waals surface area contributed by atoms with E-state index in [1.54, 1.807) is 0 Å². The van der Waals surface area contributed by atoms with Crippen LogP contribution in [0.5, 0.6) is 0 Å². The molecule has 1 saturated carbocycles. The maximum Gasteiger partial charge on any atom is 0.311 e. The third kappa shape index (κ3) is 3.45. The summed E-state index contributed by atoms with van der Waals surface area (Å²) in [5, 5.41) is 22.9. The van der Waals surface area contributed by atoms with Crippen molar-refractivity contribution in [3.8, 4) is 0 Å². The summed E-state index contributed by atoms with van der Waals surface area (Å²) in [6.45, 7) is 2.35. The molecular formula is C13H18N4O4. The molecule has 0 atom stereocenters. The van der Waals surface area contributed by atoms with Crippen molar-refractivity contribution < 1.29 is 14.8 Å². The zero-order chi connectivity index (χ0) is 15.5. The van der Waals surface area contributed by atoms with Gasteiger partial charge in [-0.1, -0.05) is 6.92 Å². The number of carboxylic acids is 1. The lowest BCUT2D eigenvalue weighted by molar-refractivity contribution is -0.385. The predicted molar refractivity (Wildman–Crippen MR) is 74.9 cm³/mol. The molecule has 2 N–H and O–H groups in total. The zero-order valence-corrected chi connectivity index (χ0v) is 11.8. The molecule has 21 heavy (non-hydrogen) atoms. The van der Waals surface area contributed by atoms with Crippen molar-refractivity contribution in [3.63, 3.8) is 0 Å². The molecule has 0 aliphatic heterocycles. The van der Waals surface area contributed by atoms with Gasteiger partial charge in [-0.05, 0) is 31.6 Å². The second kappa shape index (κ2) is 6.02. The van der Waals surface area contributed by atoms with Crippen LogP contribution in [0.1, 0.15) is 32.6 Å². The minimum atomic E-state index is -0.816. The summed E-state index contributed by atoms with van der Waals surface area (Å²) in [5.74, 6) is -0.0586. The minimum absolute atomic E-state index is 0.194. The van der Waals surface area contributed by atoms with Crippen LogP contribution in [0.2, 0.25) is 0 Å². The Balaban J connectivity index is 2.02. The minimum Gasteiger partial charge on any atom is -0.481 e. The monoisotopic (exact) mass is 294 g/mol. The number of aliphatic carboxylic acids is 1. The Morgan fingerprint density at radius 1 is 1.48 bits per heavy atom. The second-order valence-corrected chi connectivity index (χ2v) is 5.64. The number of nitrogens with zero attached hydrogens (tertiary/aromatic N) is 3. The Labute approximate surface area is 121 Å². The molecular weight excluding hydrogens is 276 g/mol. The van der Waals surface area contributed by atoms with Crippen LogP contribution < -0.4 is 5.32 Å². The summed E-state index contributed by atoms with van der Waals surface area (Å²) < 4.78 is 0. The summed E-state index contributed by atoms with van der Waals surface area (Å²) in [6.07, 6.45) is 5.20. The largest absolute Gasteiger partial charge is 0.481 e. The standard InChI is InChI=1S/C13H18N4O4/c1-9-2-4-13(5-3-9,11(18)19)8-16-12-14-6-10(7-15-12)17(20)21/h6-7,9H,2-5,8H2,1H3,(H,18,19)(H,14,15,16). The molecule has 1 aliphatic carbocycles. The Hall–Kier alpha value is -2.25. The van der Waals surface area contributed by atoms with Crippen LogP contribution in [-0.4, -0.2) is 32.5 Å². The van der Waals surface area contributed by atoms with E-state index in [1.165, 1.54) is 0 Å². The van der Waals surface area contributed by atoms with Gasteiger partial charge in [0.2, 0.25) is 5.95 Å². The second-order valence-electron chi connectivity index (χ2n) is 5.64. The lowest BCUT2D eigenvalue weighted by atomic mass is 9.71. The summed E-state index contributed by atoms with van der Waals surface area (Å²) in [4.78, 5) is 29.2. The molecule has 0 aromatic carbocycles. The Bertz CT molecular complexity index is 523. The molecule has 1 aliphatic rings. The van der Waals surface area contributed by atoms with E-state index in [9.17, 15) is 20.0 Å². The van der Waals surface area contributed by atoms with Gasteiger partial charge in [0.1, 0.15) is 12.4 Å². The molecule has 0 radical (unpaired) electrons. The normalized spacial score (nSPS) is 25.3. The zero-order valence-electron chi connectivity index (χ0n) is 11.8. The number of carboxylic acid groups (broad SMARTS) is 1. The van der Waals surface area contributed by atoms with Gasteiger partial charge in [-0.15, -0.1) is 0 Å². The van der Waals surface area contributed by atoms with Gasteiger partial charge in [0.15, 0.2) is 0 Å². The molecule has 1 heterocycles. The molecule has 1 fully saturated rings. The van der Waals surface area contributed by atoms with Gasteiger partial charge in [0.25, 0.3) is 0 Å². The summed E-state index contributed by atoms with van der Waals surface area (Å²) in [5.41, 5.74) is -1.00. The van der Waals surface area contributed by atoms with Gasteiger partial charge >= 0.3 is 11.7 Å². The average Bonchev–Trinajstić information content (AvgIpc) is 2.47. The van der Waals surface area contributed by atoms with E-state index in [1.807, 2.05) is 0 Å². The Morgan fingerprint density at radius 3 is 2.52 bits per heavy atom. The van der Waals surface area contributed by atoms with Gasteiger partial charge < -0.3 is 10.4 Å². The first kappa shape index (κ1) is 15.1. The molecule has 0 unspecified atom stereocenters. The number of nitro groups is 1. The molecule has 0 spiro atoms. The van der Waals surface area contributed by atoms with Gasteiger partial charge in [-0.25, -0.2) is 9.97 Å². The van der Waals surface area contributed by atoms with Crippen molar-refractivity contribution in [2.75, 3.05) is 11.9 Å². The third-order valence-electron chi connectivity index (χ3n) is 4.12. The molecule has 2 rings (SSSR count). The maximum absolute atomic E-state index is 11.6. The number of anilines is 1. The summed E-state index contributed by atoms with van der Waals surface area (Å²) in [6, 6.07) is 0. The number of aromatic nitrogens is 2. The number of hydrogen-bond acceptors (Lipinski definition) is 6. The molecule has 8 heteroatoms. The maximum atomic E-state index is 11.6. The number of hydrogen-bond donors (Lipinski definition) is 2. The number of rotatable bonds is 5. The predicted octanol–water partition coefficient (Wildman–Crippen LogP) is 2.08. The van der Waals surface area contributed by atoms with Crippen LogP contribution in [0, 0.1) is 21.4 Å². The number of carbonyl (C=O) groups is 1. The Kier molecular flexibility index (Phi) is 4.35. The summed E-state index contributed by atoms with van der Waals surface area (Å²) >= 11 is 0. The van der Waals surface area contributed by atoms with Crippen molar-refractivity contribution in [2.45, 2.75) is 32.6 Å². The van der Waals surface area contributed by atoms with Crippen molar-refractivity contribution in [1.82, 2.24) is 9.97 Å². The van der Waals surface area contributed by atoms with Gasteiger partial charge in [-0.2, -0.15) is 0 Å². The fourth-order valence-corrected chi connectivity index (χ4v) is 2.54. The van der Waals surface area contributed by atoms with Gasteiger partial charge in [-0.3, -0.25) is 14.9 Å². The fraction of sp³-hybridized carbons (Fsp3) is 0.615. The average molecular weight is 294 g/mol. The van der Waals surface area contributed by atoms with Crippen molar-refractivity contribution in [3.05, 3.63) is 22.5 Å². The van der Waals surface area contributed by atoms with Crippen molar-refractivity contribution in [2.24, 2.45) is 11.3 Å². The van der Waals surface area contributed by atoms with E-state index in [-0.39, 0.29) is 18.2 Å². The van der Waals surface area contributed by atoms with Crippen LogP contribution >= 0.6 is 0 Å². The molecule has 1 aromatic rings. The molecule has 8 nitrogen and oxygen atoms in total. The third-order valence-corrected chi connectivity index (χ3v) is 4.12. The van der Waals surface area contributed by atoms with E-state index in [0.717, 1.165) is 25.2 Å². The van der Waals surface area contributed by atoms with E-state index >= 15 is 0 Å². The highest BCUT2D eigenvalue weighted by Gasteiger charge is 2.41. The molecule has 0 bridgehead atoms. The van der Waals surface area contributed by atoms with Crippen LogP contribution in [0.25, 0.3) is 0 Å². The van der Waals surface area contributed by atoms with Crippen LogP contribution in [0.3, 0.4) is 0 Å². The molecule has 114 valence electrons. The van der Waals surface area contributed by atoms with E-state index in [2.05, 4.69) is 22.2 Å². The Morgan fingerprint density at radius 2 is 2.05 bits per heavy atom. The lowest BCUT2D eigenvalue weighted by Gasteiger charge is -2.35. The van der Waals surface area contributed by atoms with Crippen LogP contribution in [-0.2, 0) is 4.79 Å². The van der Waals surface area contributed by atoms with E-state index in [4.69, 9.17) is 0 Å². The highest BCUT2D eigenvalue weighted by Crippen LogP contribution is 2.39. The molecule has 0 amide bonds. The summed E-state index contributed by atoms with van der Waals surface area (Å²) in [7, 11) is 0. The molecule has 0 saturated heterocycles. The first-order valence-corrected chi connectivity index (χ1v) is 6.87. The first-order chi connectivity index (χ1) is 9.93. The fourth-order valence-electron chi connectivity index (χ4n) is 2.54. The smallest absolute Gasteiger partial charge is 0.311 e. The van der Waals surface area contributed by atoms with Crippen LogP contribution in [0.15, 0.2) is 12.4 Å². The van der Waals surface area contributed by atoms with Crippen molar-refractivity contribution >= 4 is 17.6 Å². The first-order valence-electron chi connectivity index (χ1n) is 6.87.